The van der Waals surface area contributed by atoms with Gasteiger partial charge in [0.25, 0.3) is 5.91 Å². The van der Waals surface area contributed by atoms with Crippen LogP contribution in [-0.2, 0) is 9.53 Å². The highest BCUT2D eigenvalue weighted by Crippen LogP contribution is 2.34. The molecule has 0 radical (unpaired) electrons. The average Bonchev–Trinajstić information content (AvgIpc) is 2.91. The van der Waals surface area contributed by atoms with E-state index < -0.39 is 0 Å². The van der Waals surface area contributed by atoms with E-state index in [-0.39, 0.29) is 5.91 Å². The van der Waals surface area contributed by atoms with Crippen LogP contribution in [0.25, 0.3) is 6.08 Å². The van der Waals surface area contributed by atoms with Crippen LogP contribution in [0.2, 0.25) is 0 Å². The lowest BCUT2D eigenvalue weighted by atomic mass is 10.1. The Morgan fingerprint density at radius 1 is 1.12 bits per heavy atom. The van der Waals surface area contributed by atoms with Crippen LogP contribution < -0.4 is 0 Å². The highest BCUT2D eigenvalue weighted by molar-refractivity contribution is 8.18. The van der Waals surface area contributed by atoms with Crippen LogP contribution in [0.4, 0.5) is 5.69 Å². The van der Waals surface area contributed by atoms with Crippen molar-refractivity contribution in [3.05, 3.63) is 70.6 Å². The van der Waals surface area contributed by atoms with E-state index >= 15 is 0 Å². The fourth-order valence-corrected chi connectivity index (χ4v) is 3.42. The Bertz CT molecular complexity index is 798. The predicted molar refractivity (Wildman–Crippen MR) is 104 cm³/mol. The molecular weight excluding hydrogens is 332 g/mol. The molecule has 0 aliphatic carbocycles. The number of carbonyl (C=O) groups excluding carboxylic acids is 1. The first-order chi connectivity index (χ1) is 12.2. The Morgan fingerprint density at radius 3 is 2.52 bits per heavy atom. The highest BCUT2D eigenvalue weighted by atomic mass is 32.2. The van der Waals surface area contributed by atoms with Crippen molar-refractivity contribution in [1.29, 1.82) is 0 Å². The summed E-state index contributed by atoms with van der Waals surface area (Å²) in [5.41, 5.74) is 3.03. The van der Waals surface area contributed by atoms with E-state index in [1.807, 2.05) is 67.6 Å². The normalized spacial score (nSPS) is 17.7. The van der Waals surface area contributed by atoms with Gasteiger partial charge in [0.1, 0.15) is 0 Å². The number of rotatable bonds is 5. The molecule has 1 amide bonds. The summed E-state index contributed by atoms with van der Waals surface area (Å²) in [4.78, 5) is 19.8. The zero-order valence-electron chi connectivity index (χ0n) is 14.3. The summed E-state index contributed by atoms with van der Waals surface area (Å²) < 4.78 is 5.14. The summed E-state index contributed by atoms with van der Waals surface area (Å²) in [5.74, 6) is -0.0303. The number of hydrogen-bond donors (Lipinski definition) is 0. The number of ether oxygens (including phenoxy) is 1. The average molecular weight is 352 g/mol. The quantitative estimate of drug-likeness (QED) is 0.756. The van der Waals surface area contributed by atoms with Crippen molar-refractivity contribution in [1.82, 2.24) is 4.90 Å². The minimum atomic E-state index is -0.0303. The van der Waals surface area contributed by atoms with Crippen LogP contribution in [0.5, 0.6) is 0 Å². The van der Waals surface area contributed by atoms with Gasteiger partial charge < -0.3 is 4.74 Å². The molecule has 1 aliphatic rings. The molecule has 0 saturated carbocycles. The maximum atomic E-state index is 12.8. The van der Waals surface area contributed by atoms with E-state index in [2.05, 4.69) is 4.99 Å². The third-order valence-corrected chi connectivity index (χ3v) is 4.77. The van der Waals surface area contributed by atoms with E-state index in [9.17, 15) is 4.79 Å². The van der Waals surface area contributed by atoms with Gasteiger partial charge in [0.2, 0.25) is 0 Å². The number of amides is 1. The monoisotopic (exact) mass is 352 g/mol. The second kappa shape index (κ2) is 8.14. The molecule has 1 saturated heterocycles. The standard InChI is InChI=1S/C20H20N2O2S/c1-15-8-10-16(11-9-15)14-18-19(23)22(12-13-24-2)20(25-18)21-17-6-4-3-5-7-17/h3-11,14H,12-13H2,1-2H3/b18-14-,21-20?. The largest absolute Gasteiger partial charge is 0.383 e. The van der Waals surface area contributed by atoms with Crippen LogP contribution in [-0.4, -0.2) is 36.2 Å². The number of aliphatic imine (C=N–C) groups is 1. The zero-order chi connectivity index (χ0) is 17.6. The number of thioether (sulfide) groups is 1. The molecule has 0 bridgehead atoms. The second-order valence-electron chi connectivity index (χ2n) is 5.70. The van der Waals surface area contributed by atoms with E-state index in [4.69, 9.17) is 4.74 Å². The molecule has 0 N–H and O–H groups in total. The van der Waals surface area contributed by atoms with E-state index in [1.165, 1.54) is 17.3 Å². The lowest BCUT2D eigenvalue weighted by Crippen LogP contribution is -2.32. The summed E-state index contributed by atoms with van der Waals surface area (Å²) >= 11 is 1.40. The van der Waals surface area contributed by atoms with Crippen LogP contribution in [0, 0.1) is 6.92 Å². The summed E-state index contributed by atoms with van der Waals surface area (Å²) in [6, 6.07) is 17.8. The van der Waals surface area contributed by atoms with Crippen molar-refractivity contribution in [3.63, 3.8) is 0 Å². The van der Waals surface area contributed by atoms with Gasteiger partial charge in [-0.3, -0.25) is 9.69 Å². The van der Waals surface area contributed by atoms with Gasteiger partial charge >= 0.3 is 0 Å². The maximum Gasteiger partial charge on any atom is 0.266 e. The number of methoxy groups -OCH3 is 1. The molecule has 1 fully saturated rings. The minimum Gasteiger partial charge on any atom is -0.383 e. The Balaban J connectivity index is 1.90. The van der Waals surface area contributed by atoms with E-state index in [0.29, 0.717) is 23.2 Å². The second-order valence-corrected chi connectivity index (χ2v) is 6.71. The molecule has 25 heavy (non-hydrogen) atoms. The number of amidine groups is 1. The van der Waals surface area contributed by atoms with Gasteiger partial charge in [-0.15, -0.1) is 0 Å². The van der Waals surface area contributed by atoms with Crippen molar-refractivity contribution in [2.75, 3.05) is 20.3 Å². The molecular formula is C20H20N2O2S. The van der Waals surface area contributed by atoms with Gasteiger partial charge in [0.15, 0.2) is 5.17 Å². The first kappa shape index (κ1) is 17.5. The summed E-state index contributed by atoms with van der Waals surface area (Å²) in [6.07, 6.45) is 1.92. The number of nitrogens with zero attached hydrogens (tertiary/aromatic N) is 2. The van der Waals surface area contributed by atoms with Crippen LogP contribution in [0.3, 0.4) is 0 Å². The fraction of sp³-hybridized carbons (Fsp3) is 0.200. The molecule has 4 nitrogen and oxygen atoms in total. The van der Waals surface area contributed by atoms with E-state index in [0.717, 1.165) is 11.3 Å². The number of benzene rings is 2. The van der Waals surface area contributed by atoms with Gasteiger partial charge in [-0.25, -0.2) is 4.99 Å². The minimum absolute atomic E-state index is 0.0303. The molecule has 128 valence electrons. The summed E-state index contributed by atoms with van der Waals surface area (Å²) in [6.45, 7) is 3.00. The third-order valence-electron chi connectivity index (χ3n) is 3.76. The zero-order valence-corrected chi connectivity index (χ0v) is 15.1. The van der Waals surface area contributed by atoms with Crippen molar-refractivity contribution in [3.8, 4) is 0 Å². The molecule has 2 aromatic carbocycles. The van der Waals surface area contributed by atoms with Crippen molar-refractivity contribution in [2.45, 2.75) is 6.92 Å². The Kier molecular flexibility index (Phi) is 5.68. The molecule has 2 aromatic rings. The predicted octanol–water partition coefficient (Wildman–Crippen LogP) is 4.25. The van der Waals surface area contributed by atoms with Crippen molar-refractivity contribution < 1.29 is 9.53 Å². The van der Waals surface area contributed by atoms with Gasteiger partial charge in [0.05, 0.1) is 23.7 Å². The van der Waals surface area contributed by atoms with Crippen LogP contribution in [0.1, 0.15) is 11.1 Å². The van der Waals surface area contributed by atoms with Crippen LogP contribution >= 0.6 is 11.8 Å². The number of para-hydroxylation sites is 1. The summed E-state index contributed by atoms with van der Waals surface area (Å²) in [7, 11) is 1.63. The van der Waals surface area contributed by atoms with Crippen LogP contribution in [0.15, 0.2) is 64.5 Å². The number of aryl methyl sites for hydroxylation is 1. The third kappa shape index (κ3) is 4.38. The van der Waals surface area contributed by atoms with E-state index in [1.54, 1.807) is 12.0 Å². The molecule has 0 unspecified atom stereocenters. The topological polar surface area (TPSA) is 41.9 Å². The molecule has 1 aliphatic heterocycles. The lowest BCUT2D eigenvalue weighted by Gasteiger charge is -2.14. The smallest absolute Gasteiger partial charge is 0.266 e. The number of hydrogen-bond acceptors (Lipinski definition) is 4. The Hall–Kier alpha value is -2.37. The van der Waals surface area contributed by atoms with Gasteiger partial charge in [-0.05, 0) is 42.5 Å². The van der Waals surface area contributed by atoms with Gasteiger partial charge in [-0.1, -0.05) is 48.0 Å². The van der Waals surface area contributed by atoms with Gasteiger partial charge in [0, 0.05) is 7.11 Å². The molecule has 1 heterocycles. The molecule has 3 rings (SSSR count). The summed E-state index contributed by atoms with van der Waals surface area (Å²) in [5, 5.41) is 0.687. The molecule has 0 atom stereocenters. The first-order valence-corrected chi connectivity index (χ1v) is 8.90. The lowest BCUT2D eigenvalue weighted by molar-refractivity contribution is -0.122. The highest BCUT2D eigenvalue weighted by Gasteiger charge is 2.33. The SMILES string of the molecule is COCCN1C(=O)/C(=C/c2ccc(C)cc2)SC1=Nc1ccccc1. The molecule has 0 spiro atoms. The maximum absolute atomic E-state index is 12.8. The van der Waals surface area contributed by atoms with Crippen molar-refractivity contribution >= 4 is 34.6 Å². The Labute approximate surface area is 152 Å². The molecule has 0 aromatic heterocycles. The number of carbonyl (C=O) groups is 1. The first-order valence-electron chi connectivity index (χ1n) is 8.08. The Morgan fingerprint density at radius 2 is 1.84 bits per heavy atom. The van der Waals surface area contributed by atoms with Gasteiger partial charge in [-0.2, -0.15) is 0 Å². The molecule has 5 heteroatoms. The van der Waals surface area contributed by atoms with Crippen molar-refractivity contribution in [2.24, 2.45) is 4.99 Å². The fourth-order valence-electron chi connectivity index (χ4n) is 2.40.